The van der Waals surface area contributed by atoms with Crippen LogP contribution in [-0.2, 0) is 4.79 Å². The molecule has 0 radical (unpaired) electrons. The third-order valence-electron chi connectivity index (χ3n) is 4.53. The van der Waals surface area contributed by atoms with Crippen molar-refractivity contribution in [3.8, 4) is 22.9 Å². The zero-order valence-electron chi connectivity index (χ0n) is 16.2. The van der Waals surface area contributed by atoms with Crippen LogP contribution in [0.3, 0.4) is 0 Å². The first-order valence-electron chi connectivity index (χ1n) is 9.19. The maximum atomic E-state index is 12.5. The number of methoxy groups -OCH3 is 2. The van der Waals surface area contributed by atoms with Crippen molar-refractivity contribution in [2.75, 3.05) is 25.3 Å². The van der Waals surface area contributed by atoms with Crippen LogP contribution in [0.25, 0.3) is 11.4 Å². The summed E-state index contributed by atoms with van der Waals surface area (Å²) < 4.78 is 12.6. The molecule has 0 saturated heterocycles. The van der Waals surface area contributed by atoms with Gasteiger partial charge < -0.3 is 14.8 Å². The van der Waals surface area contributed by atoms with Crippen molar-refractivity contribution in [1.29, 1.82) is 0 Å². The molecule has 8 nitrogen and oxygen atoms in total. The van der Waals surface area contributed by atoms with Gasteiger partial charge in [0.15, 0.2) is 11.0 Å². The van der Waals surface area contributed by atoms with E-state index >= 15 is 0 Å². The number of ether oxygens (including phenoxy) is 2. The van der Waals surface area contributed by atoms with Crippen LogP contribution in [0, 0.1) is 0 Å². The summed E-state index contributed by atoms with van der Waals surface area (Å²) in [5, 5.41) is 12.3. The Balaban J connectivity index is 1.46. The number of nitrogens with zero attached hydrogens (tertiary/aromatic N) is 4. The number of anilines is 1. The van der Waals surface area contributed by atoms with Crippen LogP contribution in [0.5, 0.6) is 11.5 Å². The maximum Gasteiger partial charge on any atom is 0.234 e. The monoisotopic (exact) mass is 411 g/mol. The van der Waals surface area contributed by atoms with Crippen LogP contribution in [0.2, 0.25) is 0 Å². The average molecular weight is 411 g/mol. The Morgan fingerprint density at radius 2 is 1.97 bits per heavy atom. The summed E-state index contributed by atoms with van der Waals surface area (Å²) in [4.78, 5) is 16.6. The molecule has 1 aliphatic rings. The molecule has 1 amide bonds. The molecular weight excluding hydrogens is 390 g/mol. The Labute approximate surface area is 172 Å². The second-order valence-corrected chi connectivity index (χ2v) is 7.49. The van der Waals surface area contributed by atoms with E-state index in [1.54, 1.807) is 44.8 Å². The van der Waals surface area contributed by atoms with Crippen molar-refractivity contribution in [1.82, 2.24) is 19.7 Å². The number of amides is 1. The molecule has 29 heavy (non-hydrogen) atoms. The summed E-state index contributed by atoms with van der Waals surface area (Å²) >= 11 is 1.38. The summed E-state index contributed by atoms with van der Waals surface area (Å²) in [7, 11) is 3.14. The second kappa shape index (κ2) is 8.52. The molecule has 2 aromatic heterocycles. The first-order chi connectivity index (χ1) is 14.2. The number of benzene rings is 1. The molecule has 9 heteroatoms. The standard InChI is InChI=1S/C20H21N5O3S/c1-27-15-5-6-16(17(11-15)28-2)22-18(26)12-29-20-24-23-19(25(20)14-3-4-14)13-7-9-21-10-8-13/h5-11,14H,3-4,12H2,1-2H3,(H,22,26). The lowest BCUT2D eigenvalue weighted by Gasteiger charge is -2.12. The smallest absolute Gasteiger partial charge is 0.234 e. The molecule has 2 heterocycles. The number of pyridine rings is 1. The van der Waals surface area contributed by atoms with Crippen LogP contribution in [0.1, 0.15) is 18.9 Å². The zero-order chi connectivity index (χ0) is 20.2. The molecule has 4 rings (SSSR count). The SMILES string of the molecule is COc1ccc(NC(=O)CSc2nnc(-c3ccncc3)n2C2CC2)c(OC)c1. The summed E-state index contributed by atoms with van der Waals surface area (Å²) in [6.07, 6.45) is 5.67. The number of carbonyl (C=O) groups is 1. The quantitative estimate of drug-likeness (QED) is 0.568. The van der Waals surface area contributed by atoms with Crippen LogP contribution < -0.4 is 14.8 Å². The minimum atomic E-state index is -0.144. The number of hydrogen-bond donors (Lipinski definition) is 1. The summed E-state index contributed by atoms with van der Waals surface area (Å²) in [5.41, 5.74) is 1.57. The van der Waals surface area contributed by atoms with Crippen molar-refractivity contribution < 1.29 is 14.3 Å². The Morgan fingerprint density at radius 3 is 2.66 bits per heavy atom. The van der Waals surface area contributed by atoms with Gasteiger partial charge in [0.1, 0.15) is 11.5 Å². The number of thioether (sulfide) groups is 1. The number of rotatable bonds is 8. The topological polar surface area (TPSA) is 91.2 Å². The zero-order valence-corrected chi connectivity index (χ0v) is 17.0. The molecule has 1 saturated carbocycles. The number of hydrogen-bond acceptors (Lipinski definition) is 7. The van der Waals surface area contributed by atoms with Gasteiger partial charge in [0.25, 0.3) is 0 Å². The number of nitrogens with one attached hydrogen (secondary N) is 1. The molecule has 3 aromatic rings. The molecule has 1 aromatic carbocycles. The van der Waals surface area contributed by atoms with E-state index in [1.165, 1.54) is 11.8 Å². The largest absolute Gasteiger partial charge is 0.497 e. The van der Waals surface area contributed by atoms with E-state index in [9.17, 15) is 4.79 Å². The van der Waals surface area contributed by atoms with Gasteiger partial charge in [0, 0.05) is 30.1 Å². The van der Waals surface area contributed by atoms with Crippen molar-refractivity contribution in [3.63, 3.8) is 0 Å². The second-order valence-electron chi connectivity index (χ2n) is 6.55. The van der Waals surface area contributed by atoms with Crippen LogP contribution in [0.4, 0.5) is 5.69 Å². The van der Waals surface area contributed by atoms with E-state index in [0.717, 1.165) is 29.4 Å². The molecule has 1 N–H and O–H groups in total. The van der Waals surface area contributed by atoms with Crippen molar-refractivity contribution >= 4 is 23.4 Å². The molecule has 0 aliphatic heterocycles. The Bertz CT molecular complexity index is 1000. The predicted molar refractivity (Wildman–Crippen MR) is 110 cm³/mol. The van der Waals surface area contributed by atoms with Gasteiger partial charge in [-0.3, -0.25) is 14.3 Å². The fraction of sp³-hybridized carbons (Fsp3) is 0.300. The first kappa shape index (κ1) is 19.3. The van der Waals surface area contributed by atoms with Gasteiger partial charge in [-0.2, -0.15) is 0 Å². The maximum absolute atomic E-state index is 12.5. The van der Waals surface area contributed by atoms with Crippen LogP contribution in [-0.4, -0.2) is 45.6 Å². The lowest BCUT2D eigenvalue weighted by Crippen LogP contribution is -2.15. The molecule has 1 fully saturated rings. The summed E-state index contributed by atoms with van der Waals surface area (Å²) in [5.74, 6) is 2.10. The highest BCUT2D eigenvalue weighted by molar-refractivity contribution is 7.99. The van der Waals surface area contributed by atoms with Crippen molar-refractivity contribution in [3.05, 3.63) is 42.7 Å². The highest BCUT2D eigenvalue weighted by Gasteiger charge is 2.30. The number of aromatic nitrogens is 4. The van der Waals surface area contributed by atoms with Gasteiger partial charge >= 0.3 is 0 Å². The van der Waals surface area contributed by atoms with Crippen molar-refractivity contribution in [2.45, 2.75) is 24.0 Å². The third-order valence-corrected chi connectivity index (χ3v) is 5.47. The minimum Gasteiger partial charge on any atom is -0.497 e. The molecular formula is C20H21N5O3S. The Kier molecular flexibility index (Phi) is 5.66. The minimum absolute atomic E-state index is 0.144. The predicted octanol–water partition coefficient (Wildman–Crippen LogP) is 3.42. The number of carbonyl (C=O) groups excluding carboxylic acids is 1. The van der Waals surface area contributed by atoms with E-state index in [1.807, 2.05) is 12.1 Å². The van der Waals surface area contributed by atoms with Crippen LogP contribution in [0.15, 0.2) is 47.9 Å². The van der Waals surface area contributed by atoms with E-state index in [2.05, 4.69) is 25.1 Å². The average Bonchev–Trinajstić information content (AvgIpc) is 3.51. The van der Waals surface area contributed by atoms with E-state index in [-0.39, 0.29) is 11.7 Å². The molecule has 0 unspecified atom stereocenters. The normalized spacial score (nSPS) is 13.2. The molecule has 150 valence electrons. The third kappa shape index (κ3) is 4.34. The molecule has 0 spiro atoms. The van der Waals surface area contributed by atoms with Gasteiger partial charge in [-0.05, 0) is 37.1 Å². The summed E-state index contributed by atoms with van der Waals surface area (Å²) in [6, 6.07) is 9.48. The molecule has 0 atom stereocenters. The van der Waals surface area contributed by atoms with Gasteiger partial charge in [-0.25, -0.2) is 0 Å². The first-order valence-corrected chi connectivity index (χ1v) is 10.2. The fourth-order valence-electron chi connectivity index (χ4n) is 2.95. The Hall–Kier alpha value is -3.07. The lowest BCUT2D eigenvalue weighted by molar-refractivity contribution is -0.113. The van der Waals surface area contributed by atoms with Gasteiger partial charge in [-0.1, -0.05) is 11.8 Å². The van der Waals surface area contributed by atoms with Gasteiger partial charge in [0.2, 0.25) is 5.91 Å². The van der Waals surface area contributed by atoms with E-state index in [0.29, 0.717) is 23.2 Å². The van der Waals surface area contributed by atoms with E-state index < -0.39 is 0 Å². The summed E-state index contributed by atoms with van der Waals surface area (Å²) in [6.45, 7) is 0. The van der Waals surface area contributed by atoms with E-state index in [4.69, 9.17) is 9.47 Å². The fourth-order valence-corrected chi connectivity index (χ4v) is 3.76. The van der Waals surface area contributed by atoms with Gasteiger partial charge in [0.05, 0.1) is 25.7 Å². The lowest BCUT2D eigenvalue weighted by atomic mass is 10.2. The molecule has 0 bridgehead atoms. The highest BCUT2D eigenvalue weighted by atomic mass is 32.2. The molecule has 1 aliphatic carbocycles. The highest BCUT2D eigenvalue weighted by Crippen LogP contribution is 2.41. The Morgan fingerprint density at radius 1 is 1.17 bits per heavy atom. The van der Waals surface area contributed by atoms with Crippen molar-refractivity contribution in [2.24, 2.45) is 0 Å². The van der Waals surface area contributed by atoms with Gasteiger partial charge in [-0.15, -0.1) is 10.2 Å². The van der Waals surface area contributed by atoms with Crippen LogP contribution >= 0.6 is 11.8 Å².